The molecule has 17 nitrogen and oxygen atoms in total. The second-order valence-electron chi connectivity index (χ2n) is 18.9. The highest BCUT2D eigenvalue weighted by molar-refractivity contribution is 8.13. The van der Waals surface area contributed by atoms with Gasteiger partial charge >= 0.3 is 0 Å². The molecule has 0 radical (unpaired) electrons. The Morgan fingerprint density at radius 2 is 0.962 bits per heavy atom. The first-order chi connectivity index (χ1) is 36.8. The van der Waals surface area contributed by atoms with Gasteiger partial charge in [-0.05, 0) is 207 Å². The van der Waals surface area contributed by atoms with Crippen molar-refractivity contribution >= 4 is 92.1 Å². The van der Waals surface area contributed by atoms with E-state index < -0.39 is 0 Å². The van der Waals surface area contributed by atoms with Crippen LogP contribution in [0, 0.1) is 55.4 Å². The number of likely N-dealkylation sites (N-methyl/N-ethyl adjacent to an activating group) is 2. The van der Waals surface area contributed by atoms with Crippen LogP contribution in [0.1, 0.15) is 128 Å². The van der Waals surface area contributed by atoms with Crippen LogP contribution in [-0.4, -0.2) is 120 Å². The average molecular weight is 1110 g/mol. The van der Waals surface area contributed by atoms with E-state index in [-0.39, 0.29) is 24.0 Å². The monoisotopic (exact) mass is 1110 g/mol. The summed E-state index contributed by atoms with van der Waals surface area (Å²) in [4.78, 5) is 53.0. The molecule has 436 valence electrons. The number of aryl methyl sites for hydroxylation is 8. The summed E-state index contributed by atoms with van der Waals surface area (Å²) >= 11 is 1.68. The summed E-state index contributed by atoms with van der Waals surface area (Å²) in [6.45, 7) is 38.4. The van der Waals surface area contributed by atoms with Crippen LogP contribution in [0.25, 0.3) is 0 Å². The summed E-state index contributed by atoms with van der Waals surface area (Å²) in [6.07, 6.45) is 3.70. The normalized spacial score (nSPS) is 10.7. The van der Waals surface area contributed by atoms with Gasteiger partial charge < -0.3 is 15.3 Å². The van der Waals surface area contributed by atoms with Gasteiger partial charge in [-0.2, -0.15) is 10.2 Å². The number of hydroxylamine groups is 1. The van der Waals surface area contributed by atoms with Crippen molar-refractivity contribution in [1.29, 1.82) is 0 Å². The Kier molecular flexibility index (Phi) is 41.9. The van der Waals surface area contributed by atoms with Crippen molar-refractivity contribution < 1.29 is 29.2 Å². The topological polar surface area (TPSA) is 221 Å². The van der Waals surface area contributed by atoms with Crippen molar-refractivity contribution in [2.75, 3.05) is 47.2 Å². The highest BCUT2D eigenvalue weighted by atomic mass is 32.2. The fourth-order valence-corrected chi connectivity index (χ4v) is 5.89. The van der Waals surface area contributed by atoms with E-state index in [0.29, 0.717) is 30.7 Å². The first-order valence-corrected chi connectivity index (χ1v) is 26.8. The number of ether oxygens (including phenoxy) is 1. The quantitative estimate of drug-likeness (QED) is 0.0649. The largest absolute Gasteiger partial charge is 0.484 e. The molecule has 0 bridgehead atoms. The van der Waals surface area contributed by atoms with E-state index >= 15 is 0 Å². The maximum atomic E-state index is 10.5. The zero-order valence-corrected chi connectivity index (χ0v) is 52.9. The number of Topliss-reactive ketones (excluding diaryl/α,β-unsaturated/α-hetero) is 3. The third-order valence-electron chi connectivity index (χ3n) is 9.45. The molecular weight excluding hydrogens is 1010 g/mol. The van der Waals surface area contributed by atoms with Crippen LogP contribution in [0.2, 0.25) is 0 Å². The maximum absolute atomic E-state index is 10.5. The van der Waals surface area contributed by atoms with Crippen LogP contribution < -0.4 is 11.2 Å². The van der Waals surface area contributed by atoms with Crippen molar-refractivity contribution in [2.24, 2.45) is 41.1 Å². The van der Waals surface area contributed by atoms with E-state index in [1.807, 2.05) is 105 Å². The van der Waals surface area contributed by atoms with Gasteiger partial charge in [0.05, 0.1) is 59.5 Å². The number of carbonyl (C=O) groups excluding carboxylic acids is 3. The van der Waals surface area contributed by atoms with E-state index in [0.717, 1.165) is 55.9 Å². The lowest BCUT2D eigenvalue weighted by molar-refractivity contribution is -0.121. The molecule has 0 heterocycles. The number of ketones is 3. The molecule has 0 unspecified atom stereocenters. The molecule has 0 aliphatic rings. The molecule has 0 aliphatic heterocycles. The molecule has 4 aromatic carbocycles. The number of methoxy groups -OCH3 is 1. The Hall–Kier alpha value is -7.31. The number of nitrogens with two attached hydrogens (primary N) is 1. The summed E-state index contributed by atoms with van der Waals surface area (Å²) < 4.78 is 5.00. The smallest absolute Gasteiger partial charge is 0.184 e. The summed E-state index contributed by atoms with van der Waals surface area (Å²) in [7, 11) is 5.18. The minimum Gasteiger partial charge on any atom is -0.484 e. The molecule has 0 spiro atoms. The van der Waals surface area contributed by atoms with Crippen molar-refractivity contribution in [3.63, 3.8) is 0 Å². The van der Waals surface area contributed by atoms with Crippen molar-refractivity contribution in [3.8, 4) is 0 Å². The van der Waals surface area contributed by atoms with Crippen molar-refractivity contribution in [3.05, 3.63) is 117 Å². The Morgan fingerprint density at radius 1 is 0.582 bits per heavy atom. The fourth-order valence-electron chi connectivity index (χ4n) is 5.70. The number of oxime groups is 1. The Balaban J connectivity index is -0.000000858. The Labute approximate surface area is 478 Å². The van der Waals surface area contributed by atoms with E-state index in [2.05, 4.69) is 109 Å². The van der Waals surface area contributed by atoms with E-state index in [4.69, 9.17) is 15.7 Å². The summed E-state index contributed by atoms with van der Waals surface area (Å²) in [5.74, 6) is 2.03. The molecule has 4 N–H and O–H groups in total. The summed E-state index contributed by atoms with van der Waals surface area (Å²) in [6, 6.07) is 24.7. The van der Waals surface area contributed by atoms with E-state index in [9.17, 15) is 14.4 Å². The number of thioether (sulfide) groups is 1. The second kappa shape index (κ2) is 43.6. The number of rotatable bonds is 13. The summed E-state index contributed by atoms with van der Waals surface area (Å²) in [5, 5.41) is 24.4. The molecule has 79 heavy (non-hydrogen) atoms. The van der Waals surface area contributed by atoms with Crippen LogP contribution in [0.15, 0.2) is 108 Å². The van der Waals surface area contributed by atoms with Crippen molar-refractivity contribution in [1.82, 2.24) is 15.5 Å². The predicted molar refractivity (Wildman–Crippen MR) is 339 cm³/mol. The maximum Gasteiger partial charge on any atom is 0.184 e. The lowest BCUT2D eigenvalue weighted by Crippen LogP contribution is -2.19. The first-order valence-electron chi connectivity index (χ1n) is 25.6. The highest BCUT2D eigenvalue weighted by Gasteiger charge is 2.01. The number of hydrogen-bond acceptors (Lipinski definition) is 16. The molecule has 0 amide bonds. The molecule has 0 atom stereocenters. The number of nitrogens with one attached hydrogen (secondary N) is 1. The average Bonchev–Trinajstić information content (AvgIpc) is 3.33. The molecule has 0 saturated carbocycles. The highest BCUT2D eigenvalue weighted by Crippen LogP contribution is 2.23. The van der Waals surface area contributed by atoms with Crippen molar-refractivity contribution in [2.45, 2.75) is 138 Å². The molecule has 4 aromatic rings. The Morgan fingerprint density at radius 3 is 1.28 bits per heavy atom. The van der Waals surface area contributed by atoms with E-state index in [1.165, 1.54) is 34.7 Å². The number of hydrazone groups is 2. The zero-order valence-electron chi connectivity index (χ0n) is 52.1. The lowest BCUT2D eigenvalue weighted by atomic mass is 10.1. The SMILES string of the molecule is C/C=N/N(C)CC(C)=O.CC(=Nc1cc(C)ccc1C)NO.CC(=O)CN(C)N=C(C)C.CC(=O)CON=C(C)C.CC(N)=Nc1cc(C)ccc1C.COC(C)=Nc1cc(C)ccc1C.CSC(C)=Nc1cc(C)ccc1C. The third-order valence-corrected chi connectivity index (χ3v) is 10.1. The molecule has 0 aliphatic carbocycles. The first kappa shape index (κ1) is 75.9. The van der Waals surface area contributed by atoms with Crippen LogP contribution in [0.5, 0.6) is 0 Å². The number of amidine groups is 2. The number of benzene rings is 4. The minimum atomic E-state index is -0.0139. The van der Waals surface area contributed by atoms with Gasteiger partial charge in [0.25, 0.3) is 0 Å². The molecule has 18 heteroatoms. The zero-order chi connectivity index (χ0) is 61.4. The molecule has 0 aromatic heterocycles. The molecule has 4 rings (SSSR count). The Bertz CT molecular complexity index is 2540. The molecule has 0 saturated heterocycles. The molecule has 0 fully saturated rings. The van der Waals surface area contributed by atoms with Crippen LogP contribution in [0.3, 0.4) is 0 Å². The number of aliphatic imine (C=N–C) groups is 4. The van der Waals surface area contributed by atoms with Crippen LogP contribution >= 0.6 is 11.8 Å². The fraction of sp³-hybridized carbons (Fsp3) is 0.443. The van der Waals surface area contributed by atoms with Gasteiger partial charge in [-0.15, -0.1) is 11.8 Å². The third kappa shape index (κ3) is 43.4. The van der Waals surface area contributed by atoms with Gasteiger partial charge in [-0.3, -0.25) is 35.1 Å². The lowest BCUT2D eigenvalue weighted by Gasteiger charge is -2.10. The van der Waals surface area contributed by atoms with Crippen LogP contribution in [-0.2, 0) is 24.0 Å². The van der Waals surface area contributed by atoms with Gasteiger partial charge in [-0.1, -0.05) is 53.7 Å². The van der Waals surface area contributed by atoms with Crippen LogP contribution in [0.4, 0.5) is 22.7 Å². The van der Waals surface area contributed by atoms with Gasteiger partial charge in [0.1, 0.15) is 5.84 Å². The summed E-state index contributed by atoms with van der Waals surface area (Å²) in [5.41, 5.74) is 22.7. The van der Waals surface area contributed by atoms with E-state index in [1.54, 1.807) is 90.7 Å². The number of hydrogen-bond donors (Lipinski definition) is 3. The van der Waals surface area contributed by atoms with Gasteiger partial charge in [0.15, 0.2) is 29.9 Å². The number of carbonyl (C=O) groups is 3. The van der Waals surface area contributed by atoms with Gasteiger partial charge in [0.2, 0.25) is 0 Å². The predicted octanol–water partition coefficient (Wildman–Crippen LogP) is 13.8. The standard InChI is InChI=1S/C11H15NO.C11H15NS.C10H14N2O.C10H14N2.C7H14N2O.C6H12N2O.C6H11NO2/c2*1-8-5-6-9(2)11(7-8)12-10(3)13-4;1-7-4-5-8(2)10(6-7)11-9(3)12-13;1-7-4-5-8(2)10(6-7)12-9(3)11;1-6(2)8-9(4)5-7(3)10;1-4-7-8(3)5-6(2)9;1-5(2)7-9-4-6(3)8/h2*5-7H,1-4H3;4-6,13H,1-3H3,(H,11,12);4-6H,1-3H3,(H2,11,12);5H2,1-4H3;4H,5H2,1-3H3;4H2,1-3H3/b;;;;;7-4+;. The van der Waals surface area contributed by atoms with Gasteiger partial charge in [0, 0.05) is 32.9 Å². The second-order valence-corrected chi connectivity index (χ2v) is 19.9. The number of nitrogens with zero attached hydrogens (tertiary/aromatic N) is 9. The van der Waals surface area contributed by atoms with Gasteiger partial charge in [-0.25, -0.2) is 20.0 Å². The molecular formula is C61H95N11O6S. The minimum absolute atomic E-state index is 0.0139.